The second-order valence-corrected chi connectivity index (χ2v) is 4.96. The standard InChI is InChI=1S/C19H20FNO3/c1-2-23-18-11-10-17(20)13-16(18)9-6-12-21-19(22)24-14-15-7-4-3-5-8-15/h3-11,13H,2,12,14H2,1H3,(H,21,22). The highest BCUT2D eigenvalue weighted by Gasteiger charge is 2.03. The summed E-state index contributed by atoms with van der Waals surface area (Å²) in [6, 6.07) is 13.7. The average molecular weight is 329 g/mol. The Bertz CT molecular complexity index is 686. The van der Waals surface area contributed by atoms with Gasteiger partial charge in [0.25, 0.3) is 0 Å². The first kappa shape index (κ1) is 17.5. The Morgan fingerprint density at radius 3 is 2.75 bits per heavy atom. The predicted octanol–water partition coefficient (Wildman–Crippen LogP) is 4.16. The Morgan fingerprint density at radius 2 is 2.00 bits per heavy atom. The fourth-order valence-corrected chi connectivity index (χ4v) is 2.04. The molecule has 0 aliphatic carbocycles. The van der Waals surface area contributed by atoms with E-state index in [0.717, 1.165) is 5.56 Å². The summed E-state index contributed by atoms with van der Waals surface area (Å²) in [5.74, 6) is 0.259. The van der Waals surface area contributed by atoms with Crippen LogP contribution in [0.1, 0.15) is 18.1 Å². The van der Waals surface area contributed by atoms with Gasteiger partial charge < -0.3 is 14.8 Å². The van der Waals surface area contributed by atoms with Crippen LogP contribution in [-0.2, 0) is 11.3 Å². The van der Waals surface area contributed by atoms with E-state index in [2.05, 4.69) is 5.32 Å². The number of benzene rings is 2. The zero-order valence-electron chi connectivity index (χ0n) is 13.5. The van der Waals surface area contributed by atoms with Gasteiger partial charge >= 0.3 is 6.09 Å². The monoisotopic (exact) mass is 329 g/mol. The van der Waals surface area contributed by atoms with Gasteiger partial charge in [-0.25, -0.2) is 9.18 Å². The fraction of sp³-hybridized carbons (Fsp3) is 0.211. The molecule has 0 aliphatic heterocycles. The number of alkyl carbamates (subject to hydrolysis) is 1. The van der Waals surface area contributed by atoms with Crippen LogP contribution in [0.4, 0.5) is 9.18 Å². The number of halogens is 1. The second kappa shape index (κ2) is 9.35. The first-order valence-corrected chi connectivity index (χ1v) is 7.72. The predicted molar refractivity (Wildman–Crippen MR) is 91.2 cm³/mol. The lowest BCUT2D eigenvalue weighted by Gasteiger charge is -2.07. The Kier molecular flexibility index (Phi) is 6.83. The van der Waals surface area contributed by atoms with E-state index in [0.29, 0.717) is 17.9 Å². The van der Waals surface area contributed by atoms with Gasteiger partial charge in [-0.05, 0) is 30.7 Å². The van der Waals surface area contributed by atoms with E-state index >= 15 is 0 Å². The fourth-order valence-electron chi connectivity index (χ4n) is 2.04. The van der Waals surface area contributed by atoms with Crippen molar-refractivity contribution < 1.29 is 18.7 Å². The van der Waals surface area contributed by atoms with Gasteiger partial charge in [-0.2, -0.15) is 0 Å². The summed E-state index contributed by atoms with van der Waals surface area (Å²) < 4.78 is 23.8. The SMILES string of the molecule is CCOc1ccc(F)cc1C=CCNC(=O)OCc1ccccc1. The van der Waals surface area contributed by atoms with Crippen molar-refractivity contribution in [3.63, 3.8) is 0 Å². The van der Waals surface area contributed by atoms with Crippen molar-refractivity contribution >= 4 is 12.2 Å². The van der Waals surface area contributed by atoms with Crippen molar-refractivity contribution in [3.05, 3.63) is 71.6 Å². The van der Waals surface area contributed by atoms with Gasteiger partial charge in [-0.3, -0.25) is 0 Å². The molecule has 0 heterocycles. The Morgan fingerprint density at radius 1 is 1.21 bits per heavy atom. The third kappa shape index (κ3) is 5.76. The number of carbonyl (C=O) groups excluding carboxylic acids is 1. The number of nitrogens with one attached hydrogen (secondary N) is 1. The minimum absolute atomic E-state index is 0.217. The van der Waals surface area contributed by atoms with E-state index in [1.165, 1.54) is 12.1 Å². The molecule has 2 aromatic rings. The van der Waals surface area contributed by atoms with E-state index in [1.54, 1.807) is 18.2 Å². The first-order chi connectivity index (χ1) is 11.7. The van der Waals surface area contributed by atoms with Crippen LogP contribution in [0.5, 0.6) is 5.75 Å². The highest BCUT2D eigenvalue weighted by Crippen LogP contribution is 2.21. The third-order valence-electron chi connectivity index (χ3n) is 3.15. The Balaban J connectivity index is 1.80. The molecule has 0 aromatic heterocycles. The van der Waals surface area contributed by atoms with Crippen LogP contribution in [0, 0.1) is 5.82 Å². The number of rotatable bonds is 7. The maximum Gasteiger partial charge on any atom is 0.407 e. The van der Waals surface area contributed by atoms with Crippen molar-refractivity contribution in [1.82, 2.24) is 5.32 Å². The topological polar surface area (TPSA) is 47.6 Å². The molecule has 1 N–H and O–H groups in total. The lowest BCUT2D eigenvalue weighted by atomic mass is 10.2. The normalized spacial score (nSPS) is 10.6. The molecule has 24 heavy (non-hydrogen) atoms. The molecule has 0 atom stereocenters. The molecule has 2 rings (SSSR count). The summed E-state index contributed by atoms with van der Waals surface area (Å²) in [6.07, 6.45) is 2.90. The zero-order chi connectivity index (χ0) is 17.2. The van der Waals surface area contributed by atoms with Crippen LogP contribution < -0.4 is 10.1 Å². The highest BCUT2D eigenvalue weighted by molar-refractivity contribution is 5.67. The second-order valence-electron chi connectivity index (χ2n) is 4.96. The maximum absolute atomic E-state index is 13.3. The summed E-state index contributed by atoms with van der Waals surface area (Å²) in [5.41, 5.74) is 1.54. The molecule has 1 amide bonds. The van der Waals surface area contributed by atoms with Crippen LogP contribution in [0.25, 0.3) is 6.08 Å². The highest BCUT2D eigenvalue weighted by atomic mass is 19.1. The molecule has 2 aromatic carbocycles. The number of ether oxygens (including phenoxy) is 2. The van der Waals surface area contributed by atoms with E-state index in [1.807, 2.05) is 37.3 Å². The van der Waals surface area contributed by atoms with Gasteiger partial charge in [0.1, 0.15) is 18.2 Å². The summed E-state index contributed by atoms with van der Waals surface area (Å²) >= 11 is 0. The van der Waals surface area contributed by atoms with Crippen LogP contribution in [0.3, 0.4) is 0 Å². The van der Waals surface area contributed by atoms with E-state index in [-0.39, 0.29) is 19.0 Å². The Labute approximate surface area is 140 Å². The lowest BCUT2D eigenvalue weighted by Crippen LogP contribution is -2.24. The molecule has 4 nitrogen and oxygen atoms in total. The number of hydrogen-bond acceptors (Lipinski definition) is 3. The summed E-state index contributed by atoms with van der Waals surface area (Å²) in [4.78, 5) is 11.6. The summed E-state index contributed by atoms with van der Waals surface area (Å²) in [6.45, 7) is 2.85. The Hall–Kier alpha value is -2.82. The first-order valence-electron chi connectivity index (χ1n) is 7.72. The van der Waals surface area contributed by atoms with Crippen molar-refractivity contribution in [2.75, 3.05) is 13.2 Å². The molecule has 0 fully saturated rings. The third-order valence-corrected chi connectivity index (χ3v) is 3.15. The van der Waals surface area contributed by atoms with Gasteiger partial charge in [0, 0.05) is 12.1 Å². The minimum Gasteiger partial charge on any atom is -0.493 e. The molecule has 0 bridgehead atoms. The lowest BCUT2D eigenvalue weighted by molar-refractivity contribution is 0.141. The molecule has 5 heteroatoms. The number of carbonyl (C=O) groups is 1. The summed E-state index contributed by atoms with van der Waals surface area (Å²) in [7, 11) is 0. The quantitative estimate of drug-likeness (QED) is 0.829. The minimum atomic E-state index is -0.507. The van der Waals surface area contributed by atoms with E-state index in [9.17, 15) is 9.18 Å². The number of hydrogen-bond donors (Lipinski definition) is 1. The van der Waals surface area contributed by atoms with Crippen molar-refractivity contribution in [1.29, 1.82) is 0 Å². The number of amides is 1. The van der Waals surface area contributed by atoms with Gasteiger partial charge in [-0.15, -0.1) is 0 Å². The van der Waals surface area contributed by atoms with Crippen LogP contribution in [-0.4, -0.2) is 19.2 Å². The summed E-state index contributed by atoms with van der Waals surface area (Å²) in [5, 5.41) is 2.61. The molecule has 126 valence electrons. The van der Waals surface area contributed by atoms with Crippen LogP contribution in [0.15, 0.2) is 54.6 Å². The molecular weight excluding hydrogens is 309 g/mol. The van der Waals surface area contributed by atoms with Crippen molar-refractivity contribution in [2.24, 2.45) is 0 Å². The zero-order valence-corrected chi connectivity index (χ0v) is 13.5. The smallest absolute Gasteiger partial charge is 0.407 e. The van der Waals surface area contributed by atoms with Gasteiger partial charge in [0.05, 0.1) is 6.61 Å². The van der Waals surface area contributed by atoms with E-state index < -0.39 is 6.09 Å². The molecule has 0 spiro atoms. The van der Waals surface area contributed by atoms with Gasteiger partial charge in [0.15, 0.2) is 0 Å². The molecule has 0 aliphatic rings. The molecule has 0 unspecified atom stereocenters. The molecule has 0 saturated carbocycles. The maximum atomic E-state index is 13.3. The molecule has 0 radical (unpaired) electrons. The van der Waals surface area contributed by atoms with Crippen molar-refractivity contribution in [3.8, 4) is 5.75 Å². The molecule has 0 saturated heterocycles. The van der Waals surface area contributed by atoms with Gasteiger partial charge in [0.2, 0.25) is 0 Å². The average Bonchev–Trinajstić information content (AvgIpc) is 2.60. The van der Waals surface area contributed by atoms with E-state index in [4.69, 9.17) is 9.47 Å². The van der Waals surface area contributed by atoms with Crippen LogP contribution in [0.2, 0.25) is 0 Å². The van der Waals surface area contributed by atoms with Gasteiger partial charge in [-0.1, -0.05) is 42.5 Å². The largest absolute Gasteiger partial charge is 0.493 e. The molecular formula is C19H20FNO3. The van der Waals surface area contributed by atoms with Crippen LogP contribution >= 0.6 is 0 Å². The van der Waals surface area contributed by atoms with Crippen molar-refractivity contribution in [2.45, 2.75) is 13.5 Å².